The zero-order valence-electron chi connectivity index (χ0n) is 47.3. The summed E-state index contributed by atoms with van der Waals surface area (Å²) < 4.78 is 165. The molecule has 24 heteroatoms. The van der Waals surface area contributed by atoms with Crippen LogP contribution in [-0.2, 0) is 26.7 Å². The number of alkyl halides is 9. The highest BCUT2D eigenvalue weighted by Gasteiger charge is 2.54. The second kappa shape index (κ2) is 19.4. The number of benzene rings is 3. The maximum absolute atomic E-state index is 16.0. The number of Topliss-reactive ketones (excluding diaryl/α,β-unsaturated/α-hetero) is 3. The number of ether oxygens (including phenoxy) is 2. The van der Waals surface area contributed by atoms with Crippen molar-refractivity contribution in [3.05, 3.63) is 151 Å². The van der Waals surface area contributed by atoms with Crippen molar-refractivity contribution in [1.82, 2.24) is 30.6 Å². The highest BCUT2D eigenvalue weighted by molar-refractivity contribution is 6.05. The van der Waals surface area contributed by atoms with Gasteiger partial charge in [0, 0.05) is 110 Å². The number of carbonyl (C=O) groups excluding carboxylic acids is 3. The molecular weight excluding hydrogens is 1140 g/mol. The second-order valence-corrected chi connectivity index (χ2v) is 25.4. The molecule has 3 aliphatic heterocycles. The summed E-state index contributed by atoms with van der Waals surface area (Å²) in [5, 5.41) is 23.5. The largest absolute Gasteiger partial charge is 0.573 e. The molecule has 3 aromatic carbocycles. The Kier molecular flexibility index (Phi) is 12.9. The molecule has 14 nitrogen and oxygen atoms in total. The molecule has 0 bridgehead atoms. The average molecular weight is 1200 g/mol. The number of hydrogen-bond donors (Lipinski definition) is 4. The highest BCUT2D eigenvalue weighted by Crippen LogP contribution is 2.61. The average Bonchev–Trinajstić information content (AvgIpc) is 3.31. The number of halogens is 10. The maximum Gasteiger partial charge on any atom is 0.573 e. The second-order valence-electron chi connectivity index (χ2n) is 25.4. The number of ketones is 3. The summed E-state index contributed by atoms with van der Waals surface area (Å²) >= 11 is 0. The number of aryl methyl sites for hydroxylation is 1. The molecule has 1 unspecified atom stereocenters. The number of aromatic amines is 3. The Morgan fingerprint density at radius 2 is 1.17 bits per heavy atom. The number of nitrogens with zero attached hydrogens (tertiary/aromatic N) is 5. The molecule has 6 aromatic rings. The van der Waals surface area contributed by atoms with Crippen LogP contribution in [0.25, 0.3) is 0 Å². The zero-order valence-corrected chi connectivity index (χ0v) is 47.3. The molecule has 13 rings (SSSR count). The first-order chi connectivity index (χ1) is 40.5. The molecule has 6 heterocycles. The first-order valence-corrected chi connectivity index (χ1v) is 28.3. The highest BCUT2D eigenvalue weighted by atomic mass is 19.4. The predicted octanol–water partition coefficient (Wildman–Crippen LogP) is 15.2. The van der Waals surface area contributed by atoms with E-state index >= 15 is 48.7 Å². The van der Waals surface area contributed by atoms with Gasteiger partial charge in [-0.1, -0.05) is 77.3 Å². The van der Waals surface area contributed by atoms with Gasteiger partial charge in [0.25, 0.3) is 0 Å². The van der Waals surface area contributed by atoms with Crippen LogP contribution in [0.1, 0.15) is 167 Å². The van der Waals surface area contributed by atoms with Gasteiger partial charge in [-0.25, -0.2) is 4.39 Å². The molecule has 0 amide bonds. The third-order valence-electron chi connectivity index (χ3n) is 18.3. The van der Waals surface area contributed by atoms with Gasteiger partial charge in [-0.15, -0.1) is 13.2 Å². The fourth-order valence-corrected chi connectivity index (χ4v) is 15.0. The quantitative estimate of drug-likeness (QED) is 0.112. The van der Waals surface area contributed by atoms with Crippen molar-refractivity contribution in [2.45, 2.75) is 142 Å². The monoisotopic (exact) mass is 1200 g/mol. The van der Waals surface area contributed by atoms with Crippen molar-refractivity contribution in [2.24, 2.45) is 16.2 Å². The summed E-state index contributed by atoms with van der Waals surface area (Å²) in [6, 6.07) is 12.7. The lowest BCUT2D eigenvalue weighted by Gasteiger charge is -2.44. The summed E-state index contributed by atoms with van der Waals surface area (Å²) in [7, 11) is 1.41. The van der Waals surface area contributed by atoms with Gasteiger partial charge in [0.1, 0.15) is 23.0 Å². The number of rotatable bonds is 7. The number of aromatic nitrogens is 6. The summed E-state index contributed by atoms with van der Waals surface area (Å²) in [6.45, 7) is 8.72. The summed E-state index contributed by atoms with van der Waals surface area (Å²) in [5.74, 6) is -8.03. The number of allylic oxidation sites excluding steroid dienone is 6. The normalized spacial score (nSPS) is 22.5. The van der Waals surface area contributed by atoms with Crippen molar-refractivity contribution in [1.29, 1.82) is 0 Å². The van der Waals surface area contributed by atoms with Gasteiger partial charge < -0.3 is 14.8 Å². The number of fused-ring (bicyclic) bond motifs is 3. The van der Waals surface area contributed by atoms with Crippen LogP contribution in [0.3, 0.4) is 0 Å². The lowest BCUT2D eigenvalue weighted by Crippen LogP contribution is -2.39. The Hall–Kier alpha value is -8.18. The Balaban J connectivity index is 0.999. The van der Waals surface area contributed by atoms with E-state index in [9.17, 15) is 9.59 Å². The minimum absolute atomic E-state index is 0.0197. The van der Waals surface area contributed by atoms with Crippen LogP contribution in [0.2, 0.25) is 0 Å². The smallest absolute Gasteiger partial charge is 0.496 e. The van der Waals surface area contributed by atoms with E-state index in [-0.39, 0.29) is 87.8 Å². The van der Waals surface area contributed by atoms with Crippen LogP contribution < -0.4 is 24.6 Å². The van der Waals surface area contributed by atoms with E-state index in [1.54, 1.807) is 45.9 Å². The first-order valence-electron chi connectivity index (χ1n) is 28.3. The fraction of sp³-hybridized carbons (Fsp3) is 0.419. The van der Waals surface area contributed by atoms with Gasteiger partial charge in [0.2, 0.25) is 0 Å². The van der Waals surface area contributed by atoms with Crippen LogP contribution in [0.4, 0.5) is 72.7 Å². The molecular formula is C62H57F10N9O5. The number of anilines is 5. The molecule has 86 heavy (non-hydrogen) atoms. The van der Waals surface area contributed by atoms with Crippen LogP contribution in [0, 0.1) is 29.0 Å². The van der Waals surface area contributed by atoms with E-state index < -0.39 is 104 Å². The van der Waals surface area contributed by atoms with Gasteiger partial charge in [0.15, 0.2) is 40.6 Å². The Labute approximate surface area is 485 Å². The topological polar surface area (TPSA) is 174 Å². The van der Waals surface area contributed by atoms with Crippen LogP contribution in [-0.4, -0.2) is 61.4 Å². The van der Waals surface area contributed by atoms with E-state index in [4.69, 9.17) is 9.47 Å². The number of nitrogens with one attached hydrogen (secondary N) is 4. The van der Waals surface area contributed by atoms with Gasteiger partial charge in [0.05, 0.1) is 18.5 Å². The van der Waals surface area contributed by atoms with Gasteiger partial charge in [-0.05, 0) is 85.1 Å². The standard InChI is InChI=1S/C62H57F10N9O5/c1-28-43-46(47-34(73-54(43)77-74-28)22-59(27-40(47)84)18-10-7-11-19-59)32-16-15-30(21-41(32)85-6)80-36-23-57(2,3)25-38(82)48(36)44(50-52(60(64,65)66)75-78-55(50)80)29-14-17-35(42(20-29)86-62(70,71)72)81-37-24-58(4,5)26-39(83)49(37)45(31-12-8-9-13-33(31)63)51-53(61(67,68)69)76-79-56(51)81/h8-9,12-17,20-21,44-46H,7,10-11,18-19,22-27H2,1-6H3,(H,75,78)(H,76,79)(H2,73,74,77)/t44-,45-,46?/m0/s1. The summed E-state index contributed by atoms with van der Waals surface area (Å²) in [5.41, 5.74) is -4.81. The molecule has 1 spiro atoms. The Morgan fingerprint density at radius 3 is 1.79 bits per heavy atom. The third-order valence-corrected chi connectivity index (χ3v) is 18.3. The van der Waals surface area contributed by atoms with Crippen LogP contribution in [0.5, 0.6) is 11.5 Å². The van der Waals surface area contributed by atoms with E-state index in [0.717, 1.165) is 67.0 Å². The SMILES string of the molecule is COc1cc(N2C3=C(C(=O)CC(C)(C)C3)[C@H](c3ccc(N4C5=C(C(=O)CC(C)(C)C5)[C@H](c5ccccc5F)c5c4n[nH]c5C(F)(F)F)c(OC(F)(F)F)c3)c3c2n[nH]c3C(F)(F)F)ccc1C1C2=C(CC3(CCCCC3)CC2=O)Nc2n[nH]c(C)c21. The number of carbonyl (C=O) groups is 3. The van der Waals surface area contributed by atoms with E-state index in [1.807, 2.05) is 12.0 Å². The maximum atomic E-state index is 16.0. The minimum atomic E-state index is -5.57. The van der Waals surface area contributed by atoms with E-state index in [1.165, 1.54) is 30.2 Å². The molecule has 4 aliphatic carbocycles. The third kappa shape index (κ3) is 9.20. The molecule has 3 aromatic heterocycles. The van der Waals surface area contributed by atoms with E-state index in [0.29, 0.717) is 41.1 Å². The van der Waals surface area contributed by atoms with Crippen molar-refractivity contribution >= 4 is 46.2 Å². The Morgan fingerprint density at radius 1 is 0.593 bits per heavy atom. The zero-order chi connectivity index (χ0) is 61.1. The predicted molar refractivity (Wildman–Crippen MR) is 293 cm³/mol. The molecule has 0 saturated heterocycles. The molecule has 4 N–H and O–H groups in total. The summed E-state index contributed by atoms with van der Waals surface area (Å²) in [4.78, 5) is 46.6. The molecule has 3 atom stereocenters. The van der Waals surface area contributed by atoms with Gasteiger partial charge >= 0.3 is 18.7 Å². The fourth-order valence-electron chi connectivity index (χ4n) is 15.0. The molecule has 1 saturated carbocycles. The lowest BCUT2D eigenvalue weighted by atomic mass is 9.62. The molecule has 450 valence electrons. The van der Waals surface area contributed by atoms with Crippen LogP contribution in [0.15, 0.2) is 94.5 Å². The molecule has 7 aliphatic rings. The van der Waals surface area contributed by atoms with Crippen molar-refractivity contribution < 1.29 is 67.8 Å². The number of methoxy groups -OCH3 is 1. The van der Waals surface area contributed by atoms with Crippen molar-refractivity contribution in [3.63, 3.8) is 0 Å². The number of hydrogen-bond acceptors (Lipinski definition) is 11. The summed E-state index contributed by atoms with van der Waals surface area (Å²) in [6.07, 6.45) is -10.8. The molecule has 1 fully saturated rings. The van der Waals surface area contributed by atoms with Gasteiger partial charge in [-0.3, -0.25) is 39.5 Å². The van der Waals surface area contributed by atoms with Crippen molar-refractivity contribution in [3.8, 4) is 11.5 Å². The van der Waals surface area contributed by atoms with Crippen molar-refractivity contribution in [2.75, 3.05) is 22.2 Å². The minimum Gasteiger partial charge on any atom is -0.496 e. The van der Waals surface area contributed by atoms with Gasteiger partial charge in [-0.2, -0.15) is 41.6 Å². The van der Waals surface area contributed by atoms with E-state index in [2.05, 4.69) is 30.8 Å². The number of H-pyrrole nitrogens is 3. The van der Waals surface area contributed by atoms with Crippen LogP contribution >= 0.6 is 0 Å². The first kappa shape index (κ1) is 56.9. The Bertz CT molecular complexity index is 3980. The molecule has 0 radical (unpaired) electrons. The lowest BCUT2D eigenvalue weighted by molar-refractivity contribution is -0.274.